The molecule has 1 aliphatic rings. The summed E-state index contributed by atoms with van der Waals surface area (Å²) in [6.07, 6.45) is 2.41. The first-order valence-corrected chi connectivity index (χ1v) is 6.60. The van der Waals surface area contributed by atoms with Crippen molar-refractivity contribution in [3.8, 4) is 0 Å². The monoisotopic (exact) mass is 263 g/mol. The van der Waals surface area contributed by atoms with Crippen molar-refractivity contribution in [1.29, 1.82) is 0 Å². The zero-order valence-corrected chi connectivity index (χ0v) is 10.6. The molecule has 1 amide bonds. The average Bonchev–Trinajstić information content (AvgIpc) is 3.02. The van der Waals surface area contributed by atoms with E-state index < -0.39 is 0 Å². The van der Waals surface area contributed by atoms with E-state index in [9.17, 15) is 4.79 Å². The highest BCUT2D eigenvalue weighted by molar-refractivity contribution is 7.13. The minimum atomic E-state index is 0.0323. The lowest BCUT2D eigenvalue weighted by atomic mass is 10.1. The Hall–Kier alpha value is -1.66. The number of fused-ring (bicyclic) bond motifs is 1. The standard InChI is InChI=1S/C12H13N3O2S/c13-6-10-14-9-3-4-15(12(16)11(9)18-10)7-8-2-1-5-17-8/h1-2,5H,3-4,6-7,13H2. The highest BCUT2D eigenvalue weighted by Crippen LogP contribution is 2.26. The summed E-state index contributed by atoms with van der Waals surface area (Å²) in [6, 6.07) is 3.70. The van der Waals surface area contributed by atoms with E-state index in [-0.39, 0.29) is 5.91 Å². The molecule has 0 fully saturated rings. The number of thiazole rings is 1. The van der Waals surface area contributed by atoms with Crippen molar-refractivity contribution in [1.82, 2.24) is 9.88 Å². The van der Waals surface area contributed by atoms with Crippen LogP contribution in [-0.4, -0.2) is 22.3 Å². The van der Waals surface area contributed by atoms with Crippen molar-refractivity contribution in [2.45, 2.75) is 19.5 Å². The predicted molar refractivity (Wildman–Crippen MR) is 67.2 cm³/mol. The Morgan fingerprint density at radius 2 is 2.44 bits per heavy atom. The summed E-state index contributed by atoms with van der Waals surface area (Å²) < 4.78 is 5.27. The van der Waals surface area contributed by atoms with Gasteiger partial charge in [0.25, 0.3) is 5.91 Å². The molecule has 0 radical (unpaired) electrons. The SMILES string of the molecule is NCc1nc2c(s1)C(=O)N(Cc1ccco1)CC2. The van der Waals surface area contributed by atoms with Crippen molar-refractivity contribution >= 4 is 17.2 Å². The number of nitrogens with two attached hydrogens (primary N) is 1. The number of nitrogens with zero attached hydrogens (tertiary/aromatic N) is 2. The Morgan fingerprint density at radius 3 is 3.17 bits per heavy atom. The molecule has 18 heavy (non-hydrogen) atoms. The van der Waals surface area contributed by atoms with E-state index in [1.54, 1.807) is 11.2 Å². The fourth-order valence-corrected chi connectivity index (χ4v) is 3.01. The second-order valence-corrected chi connectivity index (χ2v) is 5.23. The molecule has 0 aliphatic carbocycles. The van der Waals surface area contributed by atoms with E-state index in [0.29, 0.717) is 19.6 Å². The second kappa shape index (κ2) is 4.55. The normalized spacial score (nSPS) is 14.9. The van der Waals surface area contributed by atoms with E-state index in [4.69, 9.17) is 10.2 Å². The van der Waals surface area contributed by atoms with Crippen LogP contribution in [0.1, 0.15) is 26.1 Å². The first-order chi connectivity index (χ1) is 8.78. The van der Waals surface area contributed by atoms with Gasteiger partial charge in [-0.15, -0.1) is 11.3 Å². The number of aromatic nitrogens is 1. The molecule has 1 aliphatic heterocycles. The van der Waals surface area contributed by atoms with Crippen molar-refractivity contribution in [2.75, 3.05) is 6.54 Å². The highest BCUT2D eigenvalue weighted by atomic mass is 32.1. The van der Waals surface area contributed by atoms with Crippen LogP contribution in [0.25, 0.3) is 0 Å². The minimum absolute atomic E-state index is 0.0323. The summed E-state index contributed by atoms with van der Waals surface area (Å²) in [4.78, 5) is 19.2. The summed E-state index contributed by atoms with van der Waals surface area (Å²) in [7, 11) is 0. The summed E-state index contributed by atoms with van der Waals surface area (Å²) >= 11 is 1.40. The molecular formula is C12H13N3O2S. The largest absolute Gasteiger partial charge is 0.467 e. The summed E-state index contributed by atoms with van der Waals surface area (Å²) in [5.41, 5.74) is 6.45. The summed E-state index contributed by atoms with van der Waals surface area (Å²) in [6.45, 7) is 1.59. The Bertz CT molecular complexity index is 562. The molecule has 2 aromatic rings. The molecule has 0 unspecified atom stereocenters. The lowest BCUT2D eigenvalue weighted by Crippen LogP contribution is -2.36. The fraction of sp³-hybridized carbons (Fsp3) is 0.333. The van der Waals surface area contributed by atoms with Crippen LogP contribution in [0, 0.1) is 0 Å². The number of hydrogen-bond acceptors (Lipinski definition) is 5. The van der Waals surface area contributed by atoms with Crippen LogP contribution in [0.15, 0.2) is 22.8 Å². The number of carbonyl (C=O) groups excluding carboxylic acids is 1. The van der Waals surface area contributed by atoms with Crippen molar-refractivity contribution in [3.63, 3.8) is 0 Å². The topological polar surface area (TPSA) is 72.4 Å². The van der Waals surface area contributed by atoms with Gasteiger partial charge in [0.2, 0.25) is 0 Å². The number of amides is 1. The van der Waals surface area contributed by atoms with Crippen LogP contribution in [0.4, 0.5) is 0 Å². The third-order valence-corrected chi connectivity index (χ3v) is 4.05. The molecule has 0 spiro atoms. The van der Waals surface area contributed by atoms with Crippen molar-refractivity contribution < 1.29 is 9.21 Å². The van der Waals surface area contributed by atoms with Gasteiger partial charge in [-0.05, 0) is 12.1 Å². The van der Waals surface area contributed by atoms with E-state index in [1.165, 1.54) is 11.3 Å². The molecule has 0 bridgehead atoms. The van der Waals surface area contributed by atoms with Gasteiger partial charge in [-0.3, -0.25) is 4.79 Å². The zero-order chi connectivity index (χ0) is 12.5. The Balaban J connectivity index is 1.82. The smallest absolute Gasteiger partial charge is 0.266 e. The number of furan rings is 1. The van der Waals surface area contributed by atoms with Gasteiger partial charge in [-0.2, -0.15) is 0 Å². The van der Waals surface area contributed by atoms with Gasteiger partial charge in [0, 0.05) is 19.5 Å². The van der Waals surface area contributed by atoms with Gasteiger partial charge < -0.3 is 15.1 Å². The molecular weight excluding hydrogens is 250 g/mol. The number of hydrogen-bond donors (Lipinski definition) is 1. The predicted octanol–water partition coefficient (Wildman–Crippen LogP) is 1.39. The van der Waals surface area contributed by atoms with Gasteiger partial charge in [0.15, 0.2) is 0 Å². The van der Waals surface area contributed by atoms with Crippen molar-refractivity contribution in [2.24, 2.45) is 5.73 Å². The first-order valence-electron chi connectivity index (χ1n) is 5.78. The molecule has 5 nitrogen and oxygen atoms in total. The van der Waals surface area contributed by atoms with Crippen molar-refractivity contribution in [3.05, 3.63) is 39.7 Å². The molecule has 0 saturated heterocycles. The van der Waals surface area contributed by atoms with Gasteiger partial charge >= 0.3 is 0 Å². The van der Waals surface area contributed by atoms with Gasteiger partial charge in [0.1, 0.15) is 15.6 Å². The average molecular weight is 263 g/mol. The van der Waals surface area contributed by atoms with Gasteiger partial charge in [0.05, 0.1) is 18.5 Å². The van der Waals surface area contributed by atoms with Crippen LogP contribution in [-0.2, 0) is 19.5 Å². The van der Waals surface area contributed by atoms with E-state index in [2.05, 4.69) is 4.98 Å². The van der Waals surface area contributed by atoms with Crippen LogP contribution < -0.4 is 5.73 Å². The fourth-order valence-electron chi connectivity index (χ4n) is 2.05. The van der Waals surface area contributed by atoms with E-state index >= 15 is 0 Å². The molecule has 0 aromatic carbocycles. The molecule has 6 heteroatoms. The van der Waals surface area contributed by atoms with Crippen LogP contribution in [0.3, 0.4) is 0 Å². The van der Waals surface area contributed by atoms with Crippen LogP contribution >= 0.6 is 11.3 Å². The molecule has 0 saturated carbocycles. The molecule has 2 aromatic heterocycles. The maximum Gasteiger partial charge on any atom is 0.266 e. The lowest BCUT2D eigenvalue weighted by molar-refractivity contribution is 0.0719. The molecule has 2 N–H and O–H groups in total. The Morgan fingerprint density at radius 1 is 1.56 bits per heavy atom. The molecule has 3 heterocycles. The van der Waals surface area contributed by atoms with Crippen LogP contribution in [0.5, 0.6) is 0 Å². The summed E-state index contributed by atoms with van der Waals surface area (Å²) in [5, 5.41) is 0.827. The maximum absolute atomic E-state index is 12.3. The third-order valence-electron chi connectivity index (χ3n) is 2.94. The first kappa shape index (κ1) is 11.4. The molecule has 0 atom stereocenters. The van der Waals surface area contributed by atoms with Crippen LogP contribution in [0.2, 0.25) is 0 Å². The lowest BCUT2D eigenvalue weighted by Gasteiger charge is -2.24. The van der Waals surface area contributed by atoms with E-state index in [1.807, 2.05) is 12.1 Å². The third kappa shape index (κ3) is 1.93. The van der Waals surface area contributed by atoms with Gasteiger partial charge in [-0.1, -0.05) is 0 Å². The number of rotatable bonds is 3. The minimum Gasteiger partial charge on any atom is -0.467 e. The zero-order valence-electron chi connectivity index (χ0n) is 9.76. The quantitative estimate of drug-likeness (QED) is 0.908. The summed E-state index contributed by atoms with van der Waals surface area (Å²) in [5.74, 6) is 0.834. The van der Waals surface area contributed by atoms with E-state index in [0.717, 1.165) is 27.8 Å². The molecule has 94 valence electrons. The maximum atomic E-state index is 12.3. The second-order valence-electron chi connectivity index (χ2n) is 4.14. The Kier molecular flexibility index (Phi) is 2.89. The Labute approximate surface area is 108 Å². The number of carbonyl (C=O) groups is 1. The van der Waals surface area contributed by atoms with Gasteiger partial charge in [-0.25, -0.2) is 4.98 Å². The highest BCUT2D eigenvalue weighted by Gasteiger charge is 2.28. The molecule has 3 rings (SSSR count).